The van der Waals surface area contributed by atoms with Crippen molar-refractivity contribution in [3.05, 3.63) is 0 Å². The Labute approximate surface area is 189 Å². The van der Waals surface area contributed by atoms with Crippen molar-refractivity contribution in [1.82, 2.24) is 4.90 Å². The quantitative estimate of drug-likeness (QED) is 0.205. The van der Waals surface area contributed by atoms with Gasteiger partial charge in [-0.25, -0.2) is 0 Å². The number of Topliss-reactive ketones (excluding diaryl/α,β-unsaturated/α-hetero) is 1. The Morgan fingerprint density at radius 2 is 0.833 bits per heavy atom. The van der Waals surface area contributed by atoms with E-state index in [1.54, 1.807) is 0 Å². The van der Waals surface area contributed by atoms with Crippen LogP contribution in [0.2, 0.25) is 0 Å². The van der Waals surface area contributed by atoms with E-state index in [-0.39, 0.29) is 13.1 Å². The molecule has 0 fully saturated rings. The predicted octanol–water partition coefficient (Wildman–Crippen LogP) is 6.21. The van der Waals surface area contributed by atoms with Crippen molar-refractivity contribution < 1.29 is 84.2 Å². The Kier molecular flexibility index (Phi) is 9.13. The van der Waals surface area contributed by atoms with Gasteiger partial charge in [0.15, 0.2) is 0 Å². The smallest absolute Gasteiger partial charge is 0.337 e. The number of carbonyl (C=O) groups is 2. The van der Waals surface area contributed by atoms with Crippen LogP contribution in [0.5, 0.6) is 0 Å². The highest BCUT2D eigenvalue weighted by molar-refractivity contribution is 6.36. The zero-order valence-corrected chi connectivity index (χ0v) is 17.5. The summed E-state index contributed by atoms with van der Waals surface area (Å²) in [6, 6.07) is 0. The molecule has 0 unspecified atom stereocenters. The molecule has 0 aromatic heterocycles. The Morgan fingerprint density at radius 3 is 1.14 bits per heavy atom. The van der Waals surface area contributed by atoms with E-state index in [0.717, 1.165) is 0 Å². The van der Waals surface area contributed by atoms with Crippen molar-refractivity contribution in [3.63, 3.8) is 0 Å². The van der Waals surface area contributed by atoms with Crippen molar-refractivity contribution >= 4 is 11.7 Å². The Hall–Kier alpha value is -2.05. The summed E-state index contributed by atoms with van der Waals surface area (Å²) in [5.41, 5.74) is 0. The van der Waals surface area contributed by atoms with Crippen LogP contribution in [0.1, 0.15) is 26.7 Å². The normalized spacial score (nSPS) is 15.2. The molecule has 20 heteroatoms. The molecular formula is C16H14F17NO2. The number of halogens is 17. The second kappa shape index (κ2) is 9.68. The van der Waals surface area contributed by atoms with Crippen molar-refractivity contribution in [3.8, 4) is 0 Å². The van der Waals surface area contributed by atoms with Gasteiger partial charge < -0.3 is 4.90 Å². The second-order valence-corrected chi connectivity index (χ2v) is 7.05. The summed E-state index contributed by atoms with van der Waals surface area (Å²) in [6.07, 6.45) is -12.9. The standard InChI is InChI=1S/C16H14F17NO2/c1-3-34(4-2)8(36)7(35)5-6-9(17,18)10(19,20)11(21,22)12(23,24)13(25,26)14(27,28)15(29,30)16(31,32)33/h3-6H2,1-2H3. The number of likely N-dealkylation sites (N-methyl/N-ethyl adjacent to an activating group) is 1. The van der Waals surface area contributed by atoms with Gasteiger partial charge in [-0.05, 0) is 13.8 Å². The summed E-state index contributed by atoms with van der Waals surface area (Å²) in [4.78, 5) is 23.7. The number of amides is 1. The van der Waals surface area contributed by atoms with E-state index < -0.39 is 72.2 Å². The molecule has 0 atom stereocenters. The predicted molar refractivity (Wildman–Crippen MR) is 82.9 cm³/mol. The number of carbonyl (C=O) groups excluding carboxylic acids is 2. The summed E-state index contributed by atoms with van der Waals surface area (Å²) in [5.74, 6) is -60.8. The van der Waals surface area contributed by atoms with Crippen LogP contribution in [-0.4, -0.2) is 77.3 Å². The van der Waals surface area contributed by atoms with Crippen molar-refractivity contribution in [2.75, 3.05) is 13.1 Å². The van der Waals surface area contributed by atoms with Crippen molar-refractivity contribution in [1.29, 1.82) is 0 Å². The van der Waals surface area contributed by atoms with Gasteiger partial charge in [-0.2, -0.15) is 74.6 Å². The largest absolute Gasteiger partial charge is 0.460 e. The van der Waals surface area contributed by atoms with Gasteiger partial charge in [0, 0.05) is 25.9 Å². The molecule has 0 heterocycles. The Morgan fingerprint density at radius 1 is 0.528 bits per heavy atom. The summed E-state index contributed by atoms with van der Waals surface area (Å²) >= 11 is 0. The lowest BCUT2D eigenvalue weighted by Gasteiger charge is -2.42. The third-order valence-electron chi connectivity index (χ3n) is 4.74. The molecular weight excluding hydrogens is 561 g/mol. The van der Waals surface area contributed by atoms with Crippen molar-refractivity contribution in [2.24, 2.45) is 0 Å². The molecule has 214 valence electrons. The molecule has 0 spiro atoms. The highest BCUT2D eigenvalue weighted by Gasteiger charge is 2.95. The topological polar surface area (TPSA) is 37.4 Å². The van der Waals surface area contributed by atoms with Gasteiger partial charge in [-0.15, -0.1) is 0 Å². The minimum Gasteiger partial charge on any atom is -0.337 e. The lowest BCUT2D eigenvalue weighted by atomic mass is 9.88. The molecule has 0 rings (SSSR count). The molecule has 0 aromatic rings. The molecule has 0 saturated heterocycles. The number of nitrogens with zero attached hydrogens (tertiary/aromatic N) is 1. The van der Waals surface area contributed by atoms with Crippen LogP contribution < -0.4 is 0 Å². The molecule has 0 radical (unpaired) electrons. The average molecular weight is 575 g/mol. The summed E-state index contributed by atoms with van der Waals surface area (Å²) in [7, 11) is 0. The van der Waals surface area contributed by atoms with E-state index in [0.29, 0.717) is 4.90 Å². The molecule has 0 aliphatic rings. The highest BCUT2D eigenvalue weighted by atomic mass is 19.4. The fourth-order valence-corrected chi connectivity index (χ4v) is 2.42. The van der Waals surface area contributed by atoms with Crippen LogP contribution in [0, 0.1) is 0 Å². The first-order valence-corrected chi connectivity index (χ1v) is 9.10. The second-order valence-electron chi connectivity index (χ2n) is 7.05. The van der Waals surface area contributed by atoms with Crippen LogP contribution in [0.4, 0.5) is 74.6 Å². The maximum atomic E-state index is 13.7. The fourth-order valence-electron chi connectivity index (χ4n) is 2.42. The van der Waals surface area contributed by atoms with Gasteiger partial charge in [0.2, 0.25) is 5.78 Å². The van der Waals surface area contributed by atoms with E-state index in [1.807, 2.05) is 0 Å². The third-order valence-corrected chi connectivity index (χ3v) is 4.74. The van der Waals surface area contributed by atoms with E-state index in [1.165, 1.54) is 13.8 Å². The van der Waals surface area contributed by atoms with Gasteiger partial charge in [-0.3, -0.25) is 9.59 Å². The molecule has 0 N–H and O–H groups in total. The van der Waals surface area contributed by atoms with Crippen LogP contribution >= 0.6 is 0 Å². The average Bonchev–Trinajstić information content (AvgIpc) is 2.70. The van der Waals surface area contributed by atoms with Crippen molar-refractivity contribution in [2.45, 2.75) is 74.3 Å². The van der Waals surface area contributed by atoms with E-state index in [2.05, 4.69) is 0 Å². The zero-order chi connectivity index (χ0) is 29.6. The first kappa shape index (κ1) is 33.9. The van der Waals surface area contributed by atoms with Crippen LogP contribution in [0.3, 0.4) is 0 Å². The van der Waals surface area contributed by atoms with E-state index >= 15 is 0 Å². The van der Waals surface area contributed by atoms with E-state index in [4.69, 9.17) is 0 Å². The lowest BCUT2D eigenvalue weighted by molar-refractivity contribution is -0.461. The summed E-state index contributed by atoms with van der Waals surface area (Å²) in [5, 5.41) is 0. The fraction of sp³-hybridized carbons (Fsp3) is 0.875. The van der Waals surface area contributed by atoms with Crippen LogP contribution in [-0.2, 0) is 9.59 Å². The van der Waals surface area contributed by atoms with Crippen LogP contribution in [0.25, 0.3) is 0 Å². The SMILES string of the molecule is CCN(CC)C(=O)C(=O)CCC(F)(F)C(F)(F)C(F)(F)C(F)(F)C(F)(F)C(F)(F)C(F)(F)C(F)(F)F. The maximum Gasteiger partial charge on any atom is 0.460 e. The summed E-state index contributed by atoms with van der Waals surface area (Å²) in [6.45, 7) is 1.89. The molecule has 1 amide bonds. The minimum atomic E-state index is -8.71. The first-order chi connectivity index (χ1) is 15.6. The molecule has 0 aliphatic heterocycles. The third kappa shape index (κ3) is 4.91. The molecule has 3 nitrogen and oxygen atoms in total. The first-order valence-electron chi connectivity index (χ1n) is 9.10. The zero-order valence-electron chi connectivity index (χ0n) is 17.5. The molecule has 0 bridgehead atoms. The molecule has 0 saturated carbocycles. The highest BCUT2D eigenvalue weighted by Crippen LogP contribution is 2.64. The minimum absolute atomic E-state index is 0.274. The maximum absolute atomic E-state index is 13.7. The Balaban J connectivity index is 6.38. The Bertz CT molecular complexity index is 814. The van der Waals surface area contributed by atoms with Gasteiger partial charge in [0.25, 0.3) is 5.91 Å². The number of hydrogen-bond donors (Lipinski definition) is 0. The number of ketones is 1. The van der Waals surface area contributed by atoms with Gasteiger partial charge in [0.1, 0.15) is 0 Å². The summed E-state index contributed by atoms with van der Waals surface area (Å²) < 4.78 is 224. The van der Waals surface area contributed by atoms with E-state index in [9.17, 15) is 84.2 Å². The van der Waals surface area contributed by atoms with Gasteiger partial charge in [0.05, 0.1) is 0 Å². The molecule has 36 heavy (non-hydrogen) atoms. The number of hydrogen-bond acceptors (Lipinski definition) is 2. The van der Waals surface area contributed by atoms with Gasteiger partial charge >= 0.3 is 47.6 Å². The molecule has 0 aliphatic carbocycles. The monoisotopic (exact) mass is 575 g/mol. The van der Waals surface area contributed by atoms with Crippen LogP contribution in [0.15, 0.2) is 0 Å². The van der Waals surface area contributed by atoms with Gasteiger partial charge in [-0.1, -0.05) is 0 Å². The lowest BCUT2D eigenvalue weighted by Crippen LogP contribution is -2.74. The number of alkyl halides is 17. The molecule has 0 aromatic carbocycles. The number of rotatable bonds is 12.